The van der Waals surface area contributed by atoms with Crippen LogP contribution in [0.4, 0.5) is 0 Å². The predicted octanol–water partition coefficient (Wildman–Crippen LogP) is 1.95. The summed E-state index contributed by atoms with van der Waals surface area (Å²) in [5.74, 6) is 1.18. The van der Waals surface area contributed by atoms with Crippen LogP contribution in [0.1, 0.15) is 37.6 Å². The minimum atomic E-state index is 0.483. The molecule has 1 unspecified atom stereocenters. The lowest BCUT2D eigenvalue weighted by molar-refractivity contribution is 0.707. The fraction of sp³-hybridized carbons (Fsp3) is 0.500. The number of hydrogen-bond acceptors (Lipinski definition) is 3. The van der Waals surface area contributed by atoms with Gasteiger partial charge >= 0.3 is 0 Å². The Bertz CT molecular complexity index is 446. The zero-order valence-corrected chi connectivity index (χ0v) is 8.73. The molecule has 2 aromatic heterocycles. The van der Waals surface area contributed by atoms with E-state index in [-0.39, 0.29) is 0 Å². The van der Waals surface area contributed by atoms with Crippen molar-refractivity contribution in [1.29, 1.82) is 0 Å². The van der Waals surface area contributed by atoms with Gasteiger partial charge in [0.1, 0.15) is 0 Å². The third kappa shape index (κ3) is 1.27. The molecule has 4 nitrogen and oxygen atoms in total. The van der Waals surface area contributed by atoms with E-state index in [0.717, 1.165) is 12.1 Å². The first kappa shape index (κ1) is 9.12. The second-order valence-corrected chi connectivity index (χ2v) is 3.58. The van der Waals surface area contributed by atoms with Gasteiger partial charge in [-0.25, -0.2) is 4.98 Å². The van der Waals surface area contributed by atoms with Gasteiger partial charge in [-0.2, -0.15) is 5.10 Å². The van der Waals surface area contributed by atoms with Crippen LogP contribution < -0.4 is 0 Å². The quantitative estimate of drug-likeness (QED) is 0.726. The second kappa shape index (κ2) is 3.36. The minimum absolute atomic E-state index is 0.483. The van der Waals surface area contributed by atoms with Gasteiger partial charge in [0.25, 0.3) is 5.78 Å². The molecule has 0 aromatic carbocycles. The van der Waals surface area contributed by atoms with Crippen LogP contribution in [0.5, 0.6) is 0 Å². The summed E-state index contributed by atoms with van der Waals surface area (Å²) in [4.78, 5) is 4.47. The summed E-state index contributed by atoms with van der Waals surface area (Å²) in [6.07, 6.45) is 4.68. The topological polar surface area (TPSA) is 43.1 Å². The van der Waals surface area contributed by atoms with E-state index in [4.69, 9.17) is 0 Å². The predicted molar refractivity (Wildman–Crippen MR) is 54.2 cm³/mol. The summed E-state index contributed by atoms with van der Waals surface area (Å²) in [5, 5.41) is 7.80. The maximum atomic E-state index is 4.47. The monoisotopic (exact) mass is 190 g/mol. The third-order valence-corrected chi connectivity index (χ3v) is 2.68. The van der Waals surface area contributed by atoms with Crippen molar-refractivity contribution in [3.8, 4) is 0 Å². The lowest BCUT2D eigenvalue weighted by Gasteiger charge is -2.04. The lowest BCUT2D eigenvalue weighted by atomic mass is 10.0. The molecule has 0 radical (unpaired) electrons. The van der Waals surface area contributed by atoms with Crippen molar-refractivity contribution in [2.24, 2.45) is 0 Å². The van der Waals surface area contributed by atoms with Crippen LogP contribution in [-0.4, -0.2) is 19.6 Å². The number of aryl methyl sites for hydroxylation is 1. The summed E-state index contributed by atoms with van der Waals surface area (Å²) in [7, 11) is 0. The number of fused-ring (bicyclic) bond motifs is 1. The molecular weight excluding hydrogens is 176 g/mol. The van der Waals surface area contributed by atoms with Gasteiger partial charge in [0.15, 0.2) is 0 Å². The molecule has 4 heteroatoms. The molecule has 0 amide bonds. The van der Waals surface area contributed by atoms with E-state index in [1.54, 1.807) is 6.20 Å². The van der Waals surface area contributed by atoms with E-state index in [1.807, 2.05) is 10.6 Å². The number of rotatable bonds is 2. The molecule has 0 fully saturated rings. The normalized spacial score (nSPS) is 13.4. The molecule has 74 valence electrons. The lowest BCUT2D eigenvalue weighted by Crippen LogP contribution is -1.95. The first-order valence-corrected chi connectivity index (χ1v) is 4.90. The van der Waals surface area contributed by atoms with E-state index in [0.29, 0.717) is 11.7 Å². The molecule has 0 aliphatic carbocycles. The van der Waals surface area contributed by atoms with Crippen LogP contribution in [0.15, 0.2) is 12.4 Å². The van der Waals surface area contributed by atoms with E-state index >= 15 is 0 Å². The van der Waals surface area contributed by atoms with Crippen molar-refractivity contribution >= 4 is 5.78 Å². The summed E-state index contributed by atoms with van der Waals surface area (Å²) < 4.78 is 1.98. The average molecular weight is 190 g/mol. The van der Waals surface area contributed by atoms with Crippen molar-refractivity contribution in [3.05, 3.63) is 23.8 Å². The number of aromatic nitrogens is 4. The highest BCUT2D eigenvalue weighted by Crippen LogP contribution is 2.21. The van der Waals surface area contributed by atoms with Crippen molar-refractivity contribution in [2.45, 2.75) is 33.1 Å². The van der Waals surface area contributed by atoms with Gasteiger partial charge in [-0.3, -0.25) is 4.40 Å². The van der Waals surface area contributed by atoms with Gasteiger partial charge in [0.2, 0.25) is 0 Å². The van der Waals surface area contributed by atoms with Gasteiger partial charge in [0.05, 0.1) is 11.9 Å². The zero-order chi connectivity index (χ0) is 10.1. The first-order chi connectivity index (χ1) is 6.74. The summed E-state index contributed by atoms with van der Waals surface area (Å²) in [5.41, 5.74) is 2.30. The Morgan fingerprint density at radius 3 is 2.93 bits per heavy atom. The van der Waals surface area contributed by atoms with Crippen molar-refractivity contribution in [2.75, 3.05) is 0 Å². The Labute approximate surface area is 83.0 Å². The van der Waals surface area contributed by atoms with Gasteiger partial charge in [-0.1, -0.05) is 13.8 Å². The number of nitrogens with zero attached hydrogens (tertiary/aromatic N) is 4. The molecule has 2 aromatic rings. The number of imidazole rings is 1. The molecule has 0 saturated carbocycles. The molecule has 1 atom stereocenters. The fourth-order valence-corrected chi connectivity index (χ4v) is 1.61. The van der Waals surface area contributed by atoms with Gasteiger partial charge in [0, 0.05) is 17.8 Å². The van der Waals surface area contributed by atoms with E-state index < -0.39 is 0 Å². The molecular formula is C10H14N4. The molecule has 0 N–H and O–H groups in total. The van der Waals surface area contributed by atoms with Crippen LogP contribution in [0.2, 0.25) is 0 Å². The Balaban J connectivity index is 2.62. The summed E-state index contributed by atoms with van der Waals surface area (Å²) >= 11 is 0. The van der Waals surface area contributed by atoms with Crippen LogP contribution in [0.25, 0.3) is 5.78 Å². The SMILES string of the molecule is CCC(C)c1nc2nnccn2c1C. The first-order valence-electron chi connectivity index (χ1n) is 4.90. The highest BCUT2D eigenvalue weighted by atomic mass is 15.2. The maximum Gasteiger partial charge on any atom is 0.254 e. The van der Waals surface area contributed by atoms with E-state index in [1.165, 1.54) is 5.69 Å². The smallest absolute Gasteiger partial charge is 0.254 e. The van der Waals surface area contributed by atoms with Crippen molar-refractivity contribution < 1.29 is 0 Å². The average Bonchev–Trinajstić information content (AvgIpc) is 2.56. The molecule has 2 rings (SSSR count). The zero-order valence-electron chi connectivity index (χ0n) is 8.73. The summed E-state index contributed by atoms with van der Waals surface area (Å²) in [6.45, 7) is 6.42. The second-order valence-electron chi connectivity index (χ2n) is 3.58. The summed E-state index contributed by atoms with van der Waals surface area (Å²) in [6, 6.07) is 0. The number of hydrogen-bond donors (Lipinski definition) is 0. The Kier molecular flexibility index (Phi) is 2.19. The Hall–Kier alpha value is -1.45. The van der Waals surface area contributed by atoms with Gasteiger partial charge in [-0.15, -0.1) is 5.10 Å². The van der Waals surface area contributed by atoms with E-state index in [2.05, 4.69) is 36.0 Å². The van der Waals surface area contributed by atoms with Crippen LogP contribution >= 0.6 is 0 Å². The van der Waals surface area contributed by atoms with Crippen molar-refractivity contribution in [1.82, 2.24) is 19.6 Å². The van der Waals surface area contributed by atoms with Crippen LogP contribution in [0.3, 0.4) is 0 Å². The Morgan fingerprint density at radius 2 is 2.29 bits per heavy atom. The minimum Gasteiger partial charge on any atom is -0.285 e. The molecule has 0 saturated heterocycles. The van der Waals surface area contributed by atoms with Crippen molar-refractivity contribution in [3.63, 3.8) is 0 Å². The van der Waals surface area contributed by atoms with Crippen LogP contribution in [-0.2, 0) is 0 Å². The molecule has 0 bridgehead atoms. The van der Waals surface area contributed by atoms with Crippen LogP contribution in [0, 0.1) is 6.92 Å². The fourth-order valence-electron chi connectivity index (χ4n) is 1.61. The standard InChI is InChI=1S/C10H14N4/c1-4-7(2)9-8(3)14-6-5-11-13-10(14)12-9/h5-7H,4H2,1-3H3. The largest absolute Gasteiger partial charge is 0.285 e. The molecule has 0 aliphatic rings. The maximum absolute atomic E-state index is 4.47. The Morgan fingerprint density at radius 1 is 1.50 bits per heavy atom. The molecule has 0 aliphatic heterocycles. The van der Waals surface area contributed by atoms with E-state index in [9.17, 15) is 0 Å². The third-order valence-electron chi connectivity index (χ3n) is 2.68. The highest BCUT2D eigenvalue weighted by molar-refractivity contribution is 5.34. The molecule has 14 heavy (non-hydrogen) atoms. The van der Waals surface area contributed by atoms with Gasteiger partial charge < -0.3 is 0 Å². The highest BCUT2D eigenvalue weighted by Gasteiger charge is 2.13. The van der Waals surface area contributed by atoms with Gasteiger partial charge in [-0.05, 0) is 13.3 Å². The molecule has 0 spiro atoms. The molecule has 2 heterocycles.